The predicted molar refractivity (Wildman–Crippen MR) is 117 cm³/mol. The second-order valence-electron chi connectivity index (χ2n) is 6.70. The van der Waals surface area contributed by atoms with E-state index in [9.17, 15) is 14.4 Å². The van der Waals surface area contributed by atoms with Gasteiger partial charge in [0, 0.05) is 25.5 Å². The highest BCUT2D eigenvalue weighted by molar-refractivity contribution is 5.97. The number of hydrogen-bond acceptors (Lipinski definition) is 3. The Morgan fingerprint density at radius 1 is 0.733 bits per heavy atom. The molecule has 0 saturated carbocycles. The molecule has 0 aliphatic carbocycles. The van der Waals surface area contributed by atoms with Gasteiger partial charge in [0.2, 0.25) is 11.8 Å². The van der Waals surface area contributed by atoms with Crippen molar-refractivity contribution in [2.45, 2.75) is 19.4 Å². The molecule has 0 saturated heterocycles. The Labute approximate surface area is 175 Å². The van der Waals surface area contributed by atoms with Crippen LogP contribution in [0.4, 0.5) is 0 Å². The molecule has 0 bridgehead atoms. The van der Waals surface area contributed by atoms with Crippen LogP contribution < -0.4 is 16.2 Å². The first kappa shape index (κ1) is 20.8. The normalized spacial score (nSPS) is 10.7. The van der Waals surface area contributed by atoms with E-state index >= 15 is 0 Å². The summed E-state index contributed by atoms with van der Waals surface area (Å²) in [6.45, 7) is 0.414. The fourth-order valence-corrected chi connectivity index (χ4v) is 2.91. The third-order valence-corrected chi connectivity index (χ3v) is 4.47. The summed E-state index contributed by atoms with van der Waals surface area (Å²) in [7, 11) is 0. The van der Waals surface area contributed by atoms with Crippen LogP contribution in [-0.4, -0.2) is 17.7 Å². The van der Waals surface area contributed by atoms with Gasteiger partial charge < -0.3 is 5.32 Å². The first-order valence-electron chi connectivity index (χ1n) is 9.67. The van der Waals surface area contributed by atoms with Crippen LogP contribution in [0.5, 0.6) is 0 Å². The maximum atomic E-state index is 12.0. The zero-order chi connectivity index (χ0) is 21.2. The largest absolute Gasteiger partial charge is 0.352 e. The number of carbonyl (C=O) groups excluding carboxylic acids is 3. The standard InChI is InChI=1S/C24H23N3O3/c28-22(25-17-18-7-2-1-3-8-18)15-16-24(30)27-26-23(29)14-13-20-11-6-10-19-9-4-5-12-21(19)20/h1-14H,15-17H2,(H,25,28)(H,26,29)(H,27,30). The van der Waals surface area contributed by atoms with Crippen LogP contribution in [0.25, 0.3) is 16.8 Å². The molecule has 152 valence electrons. The van der Waals surface area contributed by atoms with Gasteiger partial charge in [0.05, 0.1) is 0 Å². The number of carbonyl (C=O) groups is 3. The Hall–Kier alpha value is -3.93. The number of fused-ring (bicyclic) bond motifs is 1. The Balaban J connectivity index is 1.39. The fourth-order valence-electron chi connectivity index (χ4n) is 2.91. The molecule has 0 aliphatic heterocycles. The molecule has 3 rings (SSSR count). The molecule has 0 spiro atoms. The predicted octanol–water partition coefficient (Wildman–Crippen LogP) is 3.10. The van der Waals surface area contributed by atoms with Crippen molar-refractivity contribution >= 4 is 34.6 Å². The van der Waals surface area contributed by atoms with E-state index in [2.05, 4.69) is 16.2 Å². The topological polar surface area (TPSA) is 87.3 Å². The van der Waals surface area contributed by atoms with Gasteiger partial charge in [-0.05, 0) is 28.0 Å². The van der Waals surface area contributed by atoms with Crippen LogP contribution in [-0.2, 0) is 20.9 Å². The number of rotatable bonds is 7. The van der Waals surface area contributed by atoms with E-state index in [4.69, 9.17) is 0 Å². The van der Waals surface area contributed by atoms with E-state index < -0.39 is 11.8 Å². The van der Waals surface area contributed by atoms with Crippen LogP contribution in [0.3, 0.4) is 0 Å². The zero-order valence-electron chi connectivity index (χ0n) is 16.4. The molecule has 0 unspecified atom stereocenters. The summed E-state index contributed by atoms with van der Waals surface area (Å²) in [6, 6.07) is 23.2. The van der Waals surface area contributed by atoms with Gasteiger partial charge in [-0.1, -0.05) is 72.8 Å². The summed E-state index contributed by atoms with van der Waals surface area (Å²) in [6.07, 6.45) is 3.07. The van der Waals surface area contributed by atoms with Crippen molar-refractivity contribution in [1.29, 1.82) is 0 Å². The van der Waals surface area contributed by atoms with E-state index in [0.29, 0.717) is 6.54 Å². The second kappa shape index (κ2) is 10.6. The Bertz CT molecular complexity index is 1060. The van der Waals surface area contributed by atoms with Gasteiger partial charge in [-0.15, -0.1) is 0 Å². The number of hydrogen-bond donors (Lipinski definition) is 3. The first-order valence-corrected chi connectivity index (χ1v) is 9.67. The summed E-state index contributed by atoms with van der Waals surface area (Å²) in [5.41, 5.74) is 6.53. The van der Waals surface area contributed by atoms with Gasteiger partial charge in [0.1, 0.15) is 0 Å². The molecule has 30 heavy (non-hydrogen) atoms. The highest BCUT2D eigenvalue weighted by Gasteiger charge is 2.07. The smallest absolute Gasteiger partial charge is 0.262 e. The third-order valence-electron chi connectivity index (χ3n) is 4.47. The maximum Gasteiger partial charge on any atom is 0.262 e. The lowest BCUT2D eigenvalue weighted by atomic mass is 10.0. The van der Waals surface area contributed by atoms with Gasteiger partial charge >= 0.3 is 0 Å². The van der Waals surface area contributed by atoms with Gasteiger partial charge in [-0.25, -0.2) is 0 Å². The quantitative estimate of drug-likeness (QED) is 0.420. The van der Waals surface area contributed by atoms with Crippen molar-refractivity contribution in [1.82, 2.24) is 16.2 Å². The van der Waals surface area contributed by atoms with Crippen LogP contribution in [0.15, 0.2) is 78.9 Å². The van der Waals surface area contributed by atoms with E-state index in [-0.39, 0.29) is 18.7 Å². The molecule has 0 fully saturated rings. The van der Waals surface area contributed by atoms with E-state index in [1.165, 1.54) is 6.08 Å². The Kier molecular flexibility index (Phi) is 7.33. The monoisotopic (exact) mass is 401 g/mol. The molecule has 0 heterocycles. The van der Waals surface area contributed by atoms with Crippen molar-refractivity contribution in [3.05, 3.63) is 90.0 Å². The van der Waals surface area contributed by atoms with Crippen molar-refractivity contribution in [3.8, 4) is 0 Å². The summed E-state index contributed by atoms with van der Waals surface area (Å²) in [5.74, 6) is -1.11. The Morgan fingerprint density at radius 3 is 2.27 bits per heavy atom. The molecule has 6 heteroatoms. The van der Waals surface area contributed by atoms with Gasteiger partial charge in [-0.3, -0.25) is 25.2 Å². The van der Waals surface area contributed by atoms with Crippen LogP contribution in [0.2, 0.25) is 0 Å². The van der Waals surface area contributed by atoms with Crippen molar-refractivity contribution in [2.75, 3.05) is 0 Å². The number of hydrazine groups is 1. The molecule has 0 aromatic heterocycles. The molecule has 3 N–H and O–H groups in total. The van der Waals surface area contributed by atoms with E-state index in [0.717, 1.165) is 21.9 Å². The van der Waals surface area contributed by atoms with Gasteiger partial charge in [0.15, 0.2) is 0 Å². The molecule has 3 amide bonds. The highest BCUT2D eigenvalue weighted by Crippen LogP contribution is 2.19. The molecular weight excluding hydrogens is 378 g/mol. The fraction of sp³-hybridized carbons (Fsp3) is 0.125. The van der Waals surface area contributed by atoms with Crippen molar-refractivity contribution < 1.29 is 14.4 Å². The summed E-state index contributed by atoms with van der Waals surface area (Å²) < 4.78 is 0. The summed E-state index contributed by atoms with van der Waals surface area (Å²) in [5, 5.41) is 4.87. The first-order chi connectivity index (χ1) is 14.6. The summed E-state index contributed by atoms with van der Waals surface area (Å²) >= 11 is 0. The minimum absolute atomic E-state index is 0.0199. The SMILES string of the molecule is O=C(C=Cc1cccc2ccccc12)NNC(=O)CCC(=O)NCc1ccccc1. The van der Waals surface area contributed by atoms with E-state index in [1.54, 1.807) is 6.08 Å². The molecule has 3 aromatic rings. The molecule has 6 nitrogen and oxygen atoms in total. The molecule has 0 radical (unpaired) electrons. The molecule has 3 aromatic carbocycles. The van der Waals surface area contributed by atoms with Crippen LogP contribution in [0.1, 0.15) is 24.0 Å². The molecular formula is C24H23N3O3. The zero-order valence-corrected chi connectivity index (χ0v) is 16.4. The third kappa shape index (κ3) is 6.31. The molecule has 0 aliphatic rings. The number of amides is 3. The van der Waals surface area contributed by atoms with Crippen molar-refractivity contribution in [2.24, 2.45) is 0 Å². The minimum atomic E-state index is -0.454. The average Bonchev–Trinajstić information content (AvgIpc) is 2.79. The van der Waals surface area contributed by atoms with Crippen LogP contribution in [0, 0.1) is 0 Å². The van der Waals surface area contributed by atoms with Crippen LogP contribution >= 0.6 is 0 Å². The number of nitrogens with one attached hydrogen (secondary N) is 3. The van der Waals surface area contributed by atoms with Crippen molar-refractivity contribution in [3.63, 3.8) is 0 Å². The Morgan fingerprint density at radius 2 is 1.43 bits per heavy atom. The lowest BCUT2D eigenvalue weighted by Gasteiger charge is -2.07. The second-order valence-corrected chi connectivity index (χ2v) is 6.70. The summed E-state index contributed by atoms with van der Waals surface area (Å²) in [4.78, 5) is 35.6. The number of benzene rings is 3. The van der Waals surface area contributed by atoms with E-state index in [1.807, 2.05) is 72.8 Å². The lowest BCUT2D eigenvalue weighted by molar-refractivity contribution is -0.129. The molecule has 0 atom stereocenters. The highest BCUT2D eigenvalue weighted by atomic mass is 16.2. The average molecular weight is 401 g/mol. The lowest BCUT2D eigenvalue weighted by Crippen LogP contribution is -2.41. The minimum Gasteiger partial charge on any atom is -0.352 e. The van der Waals surface area contributed by atoms with Gasteiger partial charge in [0.25, 0.3) is 5.91 Å². The van der Waals surface area contributed by atoms with Gasteiger partial charge in [-0.2, -0.15) is 0 Å². The maximum absolute atomic E-state index is 12.0.